The Morgan fingerprint density at radius 3 is 2.58 bits per heavy atom. The largest absolute Gasteiger partial charge is 0.400 e. The minimum absolute atomic E-state index is 0.382. The molecule has 6 nitrogen and oxygen atoms in total. The van der Waals surface area contributed by atoms with Crippen molar-refractivity contribution in [3.8, 4) is 0 Å². The van der Waals surface area contributed by atoms with E-state index in [0.29, 0.717) is 29.1 Å². The molecule has 0 fully saturated rings. The summed E-state index contributed by atoms with van der Waals surface area (Å²) in [5, 5.41) is 0.482. The highest BCUT2D eigenvalue weighted by atomic mass is 32.1. The fraction of sp³-hybridized carbons (Fsp3) is 0.235. The topological polar surface area (TPSA) is 133 Å². The summed E-state index contributed by atoms with van der Waals surface area (Å²) >= 11 is 1.42. The van der Waals surface area contributed by atoms with Crippen molar-refractivity contribution in [1.82, 2.24) is 5.43 Å². The zero-order valence-electron chi connectivity index (χ0n) is 13.2. The Bertz CT molecular complexity index is 799. The molecule has 1 amide bonds. The van der Waals surface area contributed by atoms with Crippen LogP contribution in [0.2, 0.25) is 0 Å². The summed E-state index contributed by atoms with van der Waals surface area (Å²) in [6.45, 7) is 0. The van der Waals surface area contributed by atoms with Gasteiger partial charge in [-0.05, 0) is 30.4 Å². The predicted molar refractivity (Wildman–Crippen MR) is 97.0 cm³/mol. The van der Waals surface area contributed by atoms with Gasteiger partial charge in [0.15, 0.2) is 0 Å². The molecule has 1 aromatic heterocycles. The Labute approximate surface area is 144 Å². The molecule has 1 aliphatic rings. The molecule has 0 saturated carbocycles. The maximum atomic E-state index is 11.7. The van der Waals surface area contributed by atoms with Gasteiger partial charge in [0.25, 0.3) is 5.91 Å². The lowest BCUT2D eigenvalue weighted by Crippen LogP contribution is -2.40. The second kappa shape index (κ2) is 6.18. The zero-order chi connectivity index (χ0) is 17.3. The highest BCUT2D eigenvalue weighted by molar-refractivity contribution is 7.16. The molecule has 1 unspecified atom stereocenters. The lowest BCUT2D eigenvalue weighted by molar-refractivity contribution is 0.1000. The number of amides is 1. The van der Waals surface area contributed by atoms with Crippen LogP contribution >= 0.6 is 11.3 Å². The number of anilines is 1. The number of thiophene rings is 1. The van der Waals surface area contributed by atoms with Gasteiger partial charge in [0.1, 0.15) is 0 Å². The summed E-state index contributed by atoms with van der Waals surface area (Å²) in [7, 11) is 0. The molecule has 24 heavy (non-hydrogen) atoms. The molecule has 1 aliphatic carbocycles. The minimum atomic E-state index is -0.468. The molecule has 0 aliphatic heterocycles. The van der Waals surface area contributed by atoms with E-state index in [9.17, 15) is 4.79 Å². The van der Waals surface area contributed by atoms with Crippen molar-refractivity contribution in [2.45, 2.75) is 24.7 Å². The summed E-state index contributed by atoms with van der Waals surface area (Å²) in [5.74, 6) is 4.98. The molecule has 0 radical (unpaired) electrons. The summed E-state index contributed by atoms with van der Waals surface area (Å²) in [4.78, 5) is 12.8. The number of hydrogen-bond acceptors (Lipinski definition) is 6. The van der Waals surface area contributed by atoms with Crippen molar-refractivity contribution in [2.24, 2.45) is 17.3 Å². The fourth-order valence-corrected chi connectivity index (χ4v) is 4.79. The van der Waals surface area contributed by atoms with Crippen LogP contribution in [0.3, 0.4) is 0 Å². The van der Waals surface area contributed by atoms with Crippen LogP contribution in [0.15, 0.2) is 42.2 Å². The summed E-state index contributed by atoms with van der Waals surface area (Å²) in [5.41, 5.74) is 23.3. The SMILES string of the molecule is NN/C=C(\N)C1(c2ccccc2)CCc2c(sc(N)c2C(N)=O)C1. The lowest BCUT2D eigenvalue weighted by atomic mass is 9.67. The van der Waals surface area contributed by atoms with Crippen molar-refractivity contribution in [1.29, 1.82) is 0 Å². The Morgan fingerprint density at radius 1 is 1.25 bits per heavy atom. The normalized spacial score (nSPS) is 20.5. The number of carbonyl (C=O) groups is 1. The minimum Gasteiger partial charge on any atom is -0.400 e. The molecule has 0 saturated heterocycles. The number of allylic oxidation sites excluding steroid dienone is 1. The van der Waals surface area contributed by atoms with Crippen molar-refractivity contribution in [3.05, 3.63) is 63.8 Å². The van der Waals surface area contributed by atoms with Gasteiger partial charge in [0, 0.05) is 22.2 Å². The third-order valence-electron chi connectivity index (χ3n) is 4.75. The first kappa shape index (κ1) is 16.4. The number of rotatable bonds is 4. The van der Waals surface area contributed by atoms with E-state index >= 15 is 0 Å². The number of fused-ring (bicyclic) bond motifs is 1. The summed E-state index contributed by atoms with van der Waals surface area (Å²) in [6, 6.07) is 10.1. The Hall–Kier alpha value is -2.51. The maximum absolute atomic E-state index is 11.7. The fourth-order valence-electron chi connectivity index (χ4n) is 3.56. The second-order valence-electron chi connectivity index (χ2n) is 6.00. The first-order valence-corrected chi connectivity index (χ1v) is 8.49. The van der Waals surface area contributed by atoms with Crippen molar-refractivity contribution in [2.75, 3.05) is 5.73 Å². The number of nitrogens with two attached hydrogens (primary N) is 4. The van der Waals surface area contributed by atoms with Crippen LogP contribution in [-0.4, -0.2) is 5.91 Å². The van der Waals surface area contributed by atoms with Crippen LogP contribution in [0.1, 0.15) is 32.8 Å². The van der Waals surface area contributed by atoms with Gasteiger partial charge in [0.2, 0.25) is 0 Å². The Balaban J connectivity index is 2.12. The highest BCUT2D eigenvalue weighted by Crippen LogP contribution is 2.46. The first-order chi connectivity index (χ1) is 11.5. The van der Waals surface area contributed by atoms with Crippen LogP contribution < -0.4 is 28.5 Å². The van der Waals surface area contributed by atoms with Crippen molar-refractivity contribution < 1.29 is 4.79 Å². The molecule has 1 aromatic carbocycles. The van der Waals surface area contributed by atoms with Crippen molar-refractivity contribution >= 4 is 22.2 Å². The number of hydrazine groups is 1. The predicted octanol–water partition coefficient (Wildman–Crippen LogP) is 1.12. The number of carbonyl (C=O) groups excluding carboxylic acids is 1. The maximum Gasteiger partial charge on any atom is 0.251 e. The molecule has 126 valence electrons. The molecule has 7 heteroatoms. The van der Waals surface area contributed by atoms with E-state index in [1.807, 2.05) is 18.2 Å². The monoisotopic (exact) mass is 343 g/mol. The molecule has 9 N–H and O–H groups in total. The van der Waals surface area contributed by atoms with E-state index in [1.54, 1.807) is 6.20 Å². The zero-order valence-corrected chi connectivity index (χ0v) is 14.0. The lowest BCUT2D eigenvalue weighted by Gasteiger charge is -2.38. The van der Waals surface area contributed by atoms with Gasteiger partial charge in [-0.15, -0.1) is 11.3 Å². The van der Waals surface area contributed by atoms with Gasteiger partial charge in [-0.1, -0.05) is 30.3 Å². The number of primary amides is 1. The van der Waals surface area contributed by atoms with E-state index in [-0.39, 0.29) is 5.41 Å². The van der Waals surface area contributed by atoms with Crippen LogP contribution in [-0.2, 0) is 18.3 Å². The molecular formula is C17H21N5OS. The third-order valence-corrected chi connectivity index (χ3v) is 5.81. The van der Waals surface area contributed by atoms with Gasteiger partial charge in [-0.25, -0.2) is 0 Å². The van der Waals surface area contributed by atoms with E-state index in [0.717, 1.165) is 22.4 Å². The van der Waals surface area contributed by atoms with E-state index in [2.05, 4.69) is 17.6 Å². The smallest absolute Gasteiger partial charge is 0.251 e. The number of hydrogen-bond donors (Lipinski definition) is 5. The van der Waals surface area contributed by atoms with Crippen LogP contribution in [0, 0.1) is 0 Å². The molecule has 1 heterocycles. The standard InChI is InChI=1S/C17H21N5OS/c18-13(9-22-21)17(10-4-2-1-3-5-10)7-6-11-12(8-17)24-16(20)14(11)15(19)23/h1-5,9,22H,6-8,18,20-21H2,(H2,19,23)/b13-9-. The van der Waals surface area contributed by atoms with Crippen LogP contribution in [0.4, 0.5) is 5.00 Å². The first-order valence-electron chi connectivity index (χ1n) is 7.67. The average molecular weight is 343 g/mol. The Morgan fingerprint density at radius 2 is 1.96 bits per heavy atom. The second-order valence-corrected chi connectivity index (χ2v) is 7.14. The number of nitrogen functional groups attached to an aromatic ring is 1. The third kappa shape index (κ3) is 2.51. The quantitative estimate of drug-likeness (QED) is 0.419. The van der Waals surface area contributed by atoms with Gasteiger partial charge in [-0.3, -0.25) is 10.6 Å². The summed E-state index contributed by atoms with van der Waals surface area (Å²) in [6.07, 6.45) is 3.74. The molecular weight excluding hydrogens is 322 g/mol. The van der Waals surface area contributed by atoms with Crippen LogP contribution in [0.25, 0.3) is 0 Å². The number of benzene rings is 1. The molecule has 1 atom stereocenters. The van der Waals surface area contributed by atoms with Crippen LogP contribution in [0.5, 0.6) is 0 Å². The van der Waals surface area contributed by atoms with E-state index < -0.39 is 5.91 Å². The van der Waals surface area contributed by atoms with Crippen molar-refractivity contribution in [3.63, 3.8) is 0 Å². The van der Waals surface area contributed by atoms with Gasteiger partial charge in [0.05, 0.1) is 10.6 Å². The summed E-state index contributed by atoms with van der Waals surface area (Å²) < 4.78 is 0. The molecule has 0 bridgehead atoms. The van der Waals surface area contributed by atoms with Gasteiger partial charge < -0.3 is 22.6 Å². The van der Waals surface area contributed by atoms with Gasteiger partial charge in [-0.2, -0.15) is 0 Å². The molecule has 0 spiro atoms. The Kier molecular flexibility index (Phi) is 4.21. The van der Waals surface area contributed by atoms with E-state index in [1.165, 1.54) is 11.3 Å². The highest BCUT2D eigenvalue weighted by Gasteiger charge is 2.41. The molecule has 2 aromatic rings. The van der Waals surface area contributed by atoms with Gasteiger partial charge >= 0.3 is 0 Å². The average Bonchev–Trinajstić information content (AvgIpc) is 2.90. The number of nitrogens with one attached hydrogen (secondary N) is 1. The molecule has 3 rings (SSSR count). The van der Waals surface area contributed by atoms with E-state index in [4.69, 9.17) is 23.0 Å².